The van der Waals surface area contributed by atoms with Gasteiger partial charge >= 0.3 is 12.4 Å². The van der Waals surface area contributed by atoms with Gasteiger partial charge in [0.05, 0.1) is 34.4 Å². The van der Waals surface area contributed by atoms with Crippen LogP contribution in [0.3, 0.4) is 0 Å². The van der Waals surface area contributed by atoms with Gasteiger partial charge in [-0.25, -0.2) is 0 Å². The van der Waals surface area contributed by atoms with Gasteiger partial charge in [0.2, 0.25) is 0 Å². The van der Waals surface area contributed by atoms with Crippen molar-refractivity contribution >= 4 is 23.3 Å². The molecular weight excluding hydrogens is 598 g/mol. The van der Waals surface area contributed by atoms with Crippen molar-refractivity contribution in [2.75, 3.05) is 0 Å². The predicted molar refractivity (Wildman–Crippen MR) is 167 cm³/mol. The van der Waals surface area contributed by atoms with Crippen LogP contribution in [0.2, 0.25) is 0 Å². The molecule has 0 unspecified atom stereocenters. The van der Waals surface area contributed by atoms with Gasteiger partial charge < -0.3 is 0 Å². The van der Waals surface area contributed by atoms with Crippen LogP contribution >= 0.6 is 0 Å². The van der Waals surface area contributed by atoms with E-state index in [-0.39, 0.29) is 0 Å². The second kappa shape index (κ2) is 13.0. The summed E-state index contributed by atoms with van der Waals surface area (Å²) in [5.74, 6) is 0. The maximum absolute atomic E-state index is 12.9. The minimum absolute atomic E-state index is 0.384. The Balaban J connectivity index is 1.30. The van der Waals surface area contributed by atoms with E-state index in [1.165, 1.54) is 24.3 Å². The standard InChI is InChI=1S/C38H22F6N2/c39-37(40,41)35-17-13-29(14-18-35)27-5-1-25(2-6-27)21-33(23-45)31-9-11-32(12-10-31)34(24-46)22-26-3-7-28(8-4-26)30-15-19-36(20-16-30)38(42,43)44/h1-22H. The molecule has 0 spiro atoms. The van der Waals surface area contributed by atoms with Crippen molar-refractivity contribution in [3.05, 3.63) is 155 Å². The third-order valence-electron chi connectivity index (χ3n) is 7.28. The van der Waals surface area contributed by atoms with Crippen LogP contribution in [-0.2, 0) is 12.4 Å². The molecule has 0 atom stereocenters. The molecule has 0 heterocycles. The number of hydrogen-bond acceptors (Lipinski definition) is 2. The lowest BCUT2D eigenvalue weighted by Gasteiger charge is -2.08. The first-order valence-corrected chi connectivity index (χ1v) is 13.8. The number of alkyl halides is 6. The first-order chi connectivity index (χ1) is 21.9. The van der Waals surface area contributed by atoms with Gasteiger partial charge in [0.1, 0.15) is 0 Å². The molecular formula is C38H22F6N2. The lowest BCUT2D eigenvalue weighted by molar-refractivity contribution is -0.138. The first-order valence-electron chi connectivity index (χ1n) is 13.8. The molecule has 0 N–H and O–H groups in total. The number of allylic oxidation sites excluding steroid dienone is 2. The van der Waals surface area contributed by atoms with Crippen LogP contribution in [0.4, 0.5) is 26.3 Å². The van der Waals surface area contributed by atoms with E-state index in [1.807, 2.05) is 0 Å². The maximum atomic E-state index is 12.9. The van der Waals surface area contributed by atoms with Crippen molar-refractivity contribution in [3.8, 4) is 34.4 Å². The molecule has 0 radical (unpaired) electrons. The molecule has 5 rings (SSSR count). The summed E-state index contributed by atoms with van der Waals surface area (Å²) in [6, 6.07) is 35.3. The van der Waals surface area contributed by atoms with E-state index >= 15 is 0 Å². The Morgan fingerprint density at radius 1 is 0.413 bits per heavy atom. The summed E-state index contributed by atoms with van der Waals surface area (Å²) in [6.45, 7) is 0. The van der Waals surface area contributed by atoms with Crippen LogP contribution in [0, 0.1) is 22.7 Å². The van der Waals surface area contributed by atoms with Gasteiger partial charge in [-0.1, -0.05) is 97.1 Å². The van der Waals surface area contributed by atoms with Gasteiger partial charge in [0, 0.05) is 0 Å². The minimum Gasteiger partial charge on any atom is -0.192 e. The van der Waals surface area contributed by atoms with Gasteiger partial charge in [0.15, 0.2) is 0 Å². The molecule has 2 nitrogen and oxygen atoms in total. The zero-order valence-electron chi connectivity index (χ0n) is 23.9. The Bertz CT molecular complexity index is 1820. The molecule has 0 fully saturated rings. The van der Waals surface area contributed by atoms with Crippen LogP contribution in [0.25, 0.3) is 45.6 Å². The SMILES string of the molecule is N#CC(=Cc1ccc(-c2ccc(C(F)(F)F)cc2)cc1)c1ccc(C(C#N)=Cc2ccc(-c3ccc(C(F)(F)F)cc3)cc2)cc1. The van der Waals surface area contributed by atoms with Gasteiger partial charge in [-0.2, -0.15) is 36.9 Å². The predicted octanol–water partition coefficient (Wildman–Crippen LogP) is 11.2. The summed E-state index contributed by atoms with van der Waals surface area (Å²) in [6.07, 6.45) is -5.40. The van der Waals surface area contributed by atoms with Crippen LogP contribution in [0.15, 0.2) is 121 Å². The van der Waals surface area contributed by atoms with E-state index in [9.17, 15) is 36.9 Å². The Labute approximate surface area is 261 Å². The Morgan fingerprint density at radius 2 is 0.674 bits per heavy atom. The molecule has 0 amide bonds. The Morgan fingerprint density at radius 3 is 0.913 bits per heavy atom. The lowest BCUT2D eigenvalue weighted by Crippen LogP contribution is -2.03. The summed E-state index contributed by atoms with van der Waals surface area (Å²) in [4.78, 5) is 0. The summed E-state index contributed by atoms with van der Waals surface area (Å²) in [5.41, 5.74) is 4.81. The highest BCUT2D eigenvalue weighted by Crippen LogP contribution is 2.33. The largest absolute Gasteiger partial charge is 0.416 e. The average Bonchev–Trinajstić information content (AvgIpc) is 3.06. The summed E-state index contributed by atoms with van der Waals surface area (Å²) >= 11 is 0. The molecule has 5 aromatic carbocycles. The highest BCUT2D eigenvalue weighted by atomic mass is 19.4. The summed E-state index contributed by atoms with van der Waals surface area (Å²) in [7, 11) is 0. The molecule has 0 saturated carbocycles. The number of rotatable bonds is 6. The zero-order chi connectivity index (χ0) is 32.9. The van der Waals surface area contributed by atoms with Crippen molar-refractivity contribution < 1.29 is 26.3 Å². The third kappa shape index (κ3) is 7.43. The Kier molecular flexibility index (Phi) is 8.93. The van der Waals surface area contributed by atoms with E-state index in [2.05, 4.69) is 12.1 Å². The van der Waals surface area contributed by atoms with Crippen molar-refractivity contribution in [2.45, 2.75) is 12.4 Å². The highest BCUT2D eigenvalue weighted by molar-refractivity contribution is 5.92. The molecule has 46 heavy (non-hydrogen) atoms. The van der Waals surface area contributed by atoms with E-state index in [1.54, 1.807) is 84.9 Å². The third-order valence-corrected chi connectivity index (χ3v) is 7.28. The number of hydrogen-bond donors (Lipinski definition) is 0. The number of nitriles is 2. The van der Waals surface area contributed by atoms with Crippen molar-refractivity contribution in [1.29, 1.82) is 10.5 Å². The monoisotopic (exact) mass is 620 g/mol. The van der Waals surface area contributed by atoms with Gasteiger partial charge in [0.25, 0.3) is 0 Å². The fraction of sp³-hybridized carbons (Fsp3) is 0.0526. The second-order valence-corrected chi connectivity index (χ2v) is 10.3. The quantitative estimate of drug-likeness (QED) is 0.108. The normalized spacial score (nSPS) is 12.3. The lowest BCUT2D eigenvalue weighted by atomic mass is 9.97. The maximum Gasteiger partial charge on any atom is 0.416 e. The molecule has 0 saturated heterocycles. The van der Waals surface area contributed by atoms with Crippen LogP contribution in [0.1, 0.15) is 33.4 Å². The van der Waals surface area contributed by atoms with Gasteiger partial charge in [-0.3, -0.25) is 0 Å². The van der Waals surface area contributed by atoms with E-state index in [0.29, 0.717) is 33.4 Å². The fourth-order valence-corrected chi connectivity index (χ4v) is 4.77. The van der Waals surface area contributed by atoms with E-state index < -0.39 is 23.5 Å². The van der Waals surface area contributed by atoms with Crippen molar-refractivity contribution in [2.24, 2.45) is 0 Å². The molecule has 0 aromatic heterocycles. The molecule has 8 heteroatoms. The summed E-state index contributed by atoms with van der Waals surface area (Å²) < 4.78 is 77.2. The molecule has 0 aliphatic carbocycles. The molecule has 0 aliphatic heterocycles. The second-order valence-electron chi connectivity index (χ2n) is 10.3. The summed E-state index contributed by atoms with van der Waals surface area (Å²) in [5, 5.41) is 19.6. The topological polar surface area (TPSA) is 47.6 Å². The first kappa shape index (κ1) is 31.6. The number of nitrogens with zero attached hydrogens (tertiary/aromatic N) is 2. The van der Waals surface area contributed by atoms with Crippen LogP contribution < -0.4 is 0 Å². The van der Waals surface area contributed by atoms with E-state index in [0.717, 1.165) is 46.5 Å². The molecule has 0 aliphatic rings. The zero-order valence-corrected chi connectivity index (χ0v) is 23.9. The van der Waals surface area contributed by atoms with Crippen LogP contribution in [0.5, 0.6) is 0 Å². The van der Waals surface area contributed by atoms with E-state index in [4.69, 9.17) is 0 Å². The molecule has 0 bridgehead atoms. The minimum atomic E-state index is -4.40. The smallest absolute Gasteiger partial charge is 0.192 e. The number of halogens is 6. The number of benzene rings is 5. The average molecular weight is 621 g/mol. The molecule has 226 valence electrons. The van der Waals surface area contributed by atoms with Gasteiger partial charge in [-0.15, -0.1) is 0 Å². The Hall–Kier alpha value is -5.86. The van der Waals surface area contributed by atoms with Crippen LogP contribution in [-0.4, -0.2) is 0 Å². The fourth-order valence-electron chi connectivity index (χ4n) is 4.77. The van der Waals surface area contributed by atoms with Gasteiger partial charge in [-0.05, 0) is 80.9 Å². The highest BCUT2D eigenvalue weighted by Gasteiger charge is 2.30. The van der Waals surface area contributed by atoms with Crippen molar-refractivity contribution in [3.63, 3.8) is 0 Å². The van der Waals surface area contributed by atoms with Crippen molar-refractivity contribution in [1.82, 2.24) is 0 Å². The molecule has 5 aromatic rings.